The van der Waals surface area contributed by atoms with Gasteiger partial charge in [-0.1, -0.05) is 17.7 Å². The van der Waals surface area contributed by atoms with Gasteiger partial charge in [-0.2, -0.15) is 18.2 Å². The molecule has 200 valence electrons. The number of nitrogen functional groups attached to an aromatic ring is 1. The molecular formula is C22H24ClF3N6O4S. The minimum atomic E-state index is -4.81. The van der Waals surface area contributed by atoms with Gasteiger partial charge in [-0.15, -0.1) is 5.10 Å². The lowest BCUT2D eigenvalue weighted by Crippen LogP contribution is -2.38. The van der Waals surface area contributed by atoms with Crippen molar-refractivity contribution < 1.29 is 31.4 Å². The van der Waals surface area contributed by atoms with E-state index in [0.717, 1.165) is 6.07 Å². The Morgan fingerprint density at radius 2 is 1.89 bits per heavy atom. The second-order valence-corrected chi connectivity index (χ2v) is 10.6. The zero-order valence-corrected chi connectivity index (χ0v) is 21.0. The second-order valence-electron chi connectivity index (χ2n) is 8.54. The number of methoxy groups -OCH3 is 1. The van der Waals surface area contributed by atoms with Gasteiger partial charge in [0.25, 0.3) is 0 Å². The van der Waals surface area contributed by atoms with E-state index in [1.165, 1.54) is 31.4 Å². The van der Waals surface area contributed by atoms with Gasteiger partial charge in [-0.05, 0) is 55.5 Å². The van der Waals surface area contributed by atoms with Crippen LogP contribution in [0.15, 0.2) is 35.2 Å². The SMILES string of the molecule is COc1cc(-c2c(Cl)cc(Nc3n[nH]c(N)n3)cc2C(F)(F)F)ccc1S(=O)(=O)NC1CCC(O)CC1. The molecule has 10 nitrogen and oxygen atoms in total. The molecule has 1 fully saturated rings. The number of aliphatic hydroxyl groups excluding tert-OH is 1. The van der Waals surface area contributed by atoms with Crippen LogP contribution in [-0.2, 0) is 16.2 Å². The lowest BCUT2D eigenvalue weighted by molar-refractivity contribution is -0.137. The van der Waals surface area contributed by atoms with Gasteiger partial charge >= 0.3 is 6.18 Å². The summed E-state index contributed by atoms with van der Waals surface area (Å²) in [5.41, 5.74) is 3.99. The molecule has 4 rings (SSSR count). The number of ether oxygens (including phenoxy) is 1. The predicted molar refractivity (Wildman–Crippen MR) is 131 cm³/mol. The predicted octanol–water partition coefficient (Wildman–Crippen LogP) is 4.06. The highest BCUT2D eigenvalue weighted by molar-refractivity contribution is 7.89. The smallest absolute Gasteiger partial charge is 0.417 e. The first-order valence-corrected chi connectivity index (χ1v) is 13.0. The molecule has 0 bridgehead atoms. The van der Waals surface area contributed by atoms with Crippen LogP contribution in [-0.4, -0.2) is 48.0 Å². The number of hydrogen-bond acceptors (Lipinski definition) is 8. The van der Waals surface area contributed by atoms with Crippen LogP contribution in [0.2, 0.25) is 5.02 Å². The summed E-state index contributed by atoms with van der Waals surface area (Å²) in [4.78, 5) is 3.57. The molecular weight excluding hydrogens is 537 g/mol. The first-order chi connectivity index (χ1) is 17.4. The van der Waals surface area contributed by atoms with E-state index < -0.39 is 27.9 Å². The summed E-state index contributed by atoms with van der Waals surface area (Å²) in [6.45, 7) is 0. The van der Waals surface area contributed by atoms with E-state index in [1.54, 1.807) is 0 Å². The number of rotatable bonds is 7. The number of benzene rings is 2. The number of halogens is 4. The van der Waals surface area contributed by atoms with Gasteiger partial charge in [0.15, 0.2) is 0 Å². The number of aromatic amines is 1. The number of anilines is 3. The van der Waals surface area contributed by atoms with Crippen LogP contribution in [0.25, 0.3) is 11.1 Å². The average Bonchev–Trinajstić information content (AvgIpc) is 3.23. The van der Waals surface area contributed by atoms with Crippen molar-refractivity contribution in [3.8, 4) is 16.9 Å². The highest BCUT2D eigenvalue weighted by Crippen LogP contribution is 2.44. The van der Waals surface area contributed by atoms with Gasteiger partial charge < -0.3 is 20.9 Å². The first kappa shape index (κ1) is 27.0. The van der Waals surface area contributed by atoms with Crippen molar-refractivity contribution in [3.05, 3.63) is 40.9 Å². The fraction of sp³-hybridized carbons (Fsp3) is 0.364. The molecule has 2 aromatic carbocycles. The summed E-state index contributed by atoms with van der Waals surface area (Å²) in [6.07, 6.45) is -3.40. The number of nitrogens with one attached hydrogen (secondary N) is 3. The maximum atomic E-state index is 14.1. The Morgan fingerprint density at radius 3 is 2.49 bits per heavy atom. The summed E-state index contributed by atoms with van der Waals surface area (Å²) in [5, 5.41) is 18.1. The lowest BCUT2D eigenvalue weighted by Gasteiger charge is -2.26. The van der Waals surface area contributed by atoms with E-state index in [1.807, 2.05) is 0 Å². The molecule has 0 spiro atoms. The molecule has 1 aliphatic rings. The van der Waals surface area contributed by atoms with Crippen molar-refractivity contribution >= 4 is 39.2 Å². The normalized spacial score (nSPS) is 18.5. The van der Waals surface area contributed by atoms with E-state index in [9.17, 15) is 26.7 Å². The second kappa shape index (κ2) is 10.4. The average molecular weight is 561 g/mol. The molecule has 6 N–H and O–H groups in total. The molecule has 37 heavy (non-hydrogen) atoms. The zero-order chi connectivity index (χ0) is 27.0. The van der Waals surface area contributed by atoms with Gasteiger partial charge in [0.1, 0.15) is 10.6 Å². The van der Waals surface area contributed by atoms with Crippen LogP contribution >= 0.6 is 11.6 Å². The molecule has 0 radical (unpaired) electrons. The summed E-state index contributed by atoms with van der Waals surface area (Å²) < 4.78 is 76.1. The molecule has 1 heterocycles. The topological polar surface area (TPSA) is 155 Å². The van der Waals surface area contributed by atoms with E-state index in [4.69, 9.17) is 22.1 Å². The van der Waals surface area contributed by atoms with Crippen molar-refractivity contribution in [2.24, 2.45) is 0 Å². The Morgan fingerprint density at radius 1 is 1.19 bits per heavy atom. The van der Waals surface area contributed by atoms with Gasteiger partial charge in [0.2, 0.25) is 21.9 Å². The maximum absolute atomic E-state index is 14.1. The lowest BCUT2D eigenvalue weighted by atomic mass is 9.94. The van der Waals surface area contributed by atoms with Gasteiger partial charge in [-0.25, -0.2) is 18.2 Å². The van der Waals surface area contributed by atoms with Crippen molar-refractivity contribution in [2.45, 2.75) is 48.9 Å². The standard InChI is InChI=1S/C22H24ClF3N6O4S/c1-36-17-8-11(2-7-18(17)37(34,35)32-12-3-5-14(33)6-4-12)19-15(22(24,25)26)9-13(10-16(19)23)28-21-29-20(27)30-31-21/h2,7-10,12,14,32-33H,3-6H2,1H3,(H4,27,28,29,30,31). The fourth-order valence-corrected chi connectivity index (χ4v) is 5.96. The Kier molecular flexibility index (Phi) is 7.55. The van der Waals surface area contributed by atoms with E-state index in [0.29, 0.717) is 25.7 Å². The zero-order valence-electron chi connectivity index (χ0n) is 19.4. The van der Waals surface area contributed by atoms with Gasteiger partial charge in [0, 0.05) is 17.3 Å². The molecule has 0 aliphatic heterocycles. The largest absolute Gasteiger partial charge is 0.495 e. The van der Waals surface area contributed by atoms with Crippen LogP contribution in [0.3, 0.4) is 0 Å². The van der Waals surface area contributed by atoms with Crippen LogP contribution < -0.4 is 20.5 Å². The van der Waals surface area contributed by atoms with Gasteiger partial charge in [-0.3, -0.25) is 0 Å². The molecule has 1 aliphatic carbocycles. The molecule has 0 atom stereocenters. The number of hydrogen-bond donors (Lipinski definition) is 5. The van der Waals surface area contributed by atoms with Crippen LogP contribution in [0.5, 0.6) is 5.75 Å². The Labute approximate surface area is 215 Å². The summed E-state index contributed by atoms with van der Waals surface area (Å²) in [5.74, 6) is -0.229. The Balaban J connectivity index is 1.71. The number of H-pyrrole nitrogens is 1. The van der Waals surface area contributed by atoms with Crippen molar-refractivity contribution in [3.63, 3.8) is 0 Å². The van der Waals surface area contributed by atoms with E-state index in [2.05, 4.69) is 25.2 Å². The molecule has 0 saturated heterocycles. The first-order valence-electron chi connectivity index (χ1n) is 11.1. The quantitative estimate of drug-likeness (QED) is 0.290. The third kappa shape index (κ3) is 6.09. The number of aromatic nitrogens is 3. The molecule has 1 saturated carbocycles. The van der Waals surface area contributed by atoms with Crippen LogP contribution in [0, 0.1) is 0 Å². The number of nitrogens with zero attached hydrogens (tertiary/aromatic N) is 2. The summed E-state index contributed by atoms with van der Waals surface area (Å²) >= 11 is 6.31. The number of nitrogens with two attached hydrogens (primary N) is 1. The number of sulfonamides is 1. The molecule has 1 aromatic heterocycles. The molecule has 0 amide bonds. The number of alkyl halides is 3. The van der Waals surface area contributed by atoms with E-state index in [-0.39, 0.29) is 50.4 Å². The van der Waals surface area contributed by atoms with Crippen LogP contribution in [0.1, 0.15) is 31.2 Å². The molecule has 15 heteroatoms. The third-order valence-corrected chi connectivity index (χ3v) is 7.77. The van der Waals surface area contributed by atoms with Crippen LogP contribution in [0.4, 0.5) is 30.8 Å². The minimum absolute atomic E-state index is 0.00241. The van der Waals surface area contributed by atoms with Crippen molar-refractivity contribution in [1.29, 1.82) is 0 Å². The maximum Gasteiger partial charge on any atom is 0.417 e. The Hall–Kier alpha value is -3.07. The van der Waals surface area contributed by atoms with E-state index >= 15 is 0 Å². The summed E-state index contributed by atoms with van der Waals surface area (Å²) in [6, 6.07) is 5.33. The van der Waals surface area contributed by atoms with Crippen molar-refractivity contribution in [1.82, 2.24) is 19.9 Å². The highest BCUT2D eigenvalue weighted by atomic mass is 35.5. The van der Waals surface area contributed by atoms with Gasteiger partial charge in [0.05, 0.1) is 23.8 Å². The Bertz CT molecular complexity index is 1390. The summed E-state index contributed by atoms with van der Waals surface area (Å²) in [7, 11) is -2.84. The minimum Gasteiger partial charge on any atom is -0.495 e. The third-order valence-electron chi connectivity index (χ3n) is 5.91. The monoisotopic (exact) mass is 560 g/mol. The highest BCUT2D eigenvalue weighted by Gasteiger charge is 2.36. The molecule has 0 unspecified atom stereocenters. The molecule has 3 aromatic rings. The van der Waals surface area contributed by atoms with Crippen molar-refractivity contribution in [2.75, 3.05) is 18.2 Å². The number of aliphatic hydroxyl groups is 1. The fourth-order valence-electron chi connectivity index (χ4n) is 4.18.